The summed E-state index contributed by atoms with van der Waals surface area (Å²) >= 11 is 0. The van der Waals surface area contributed by atoms with E-state index in [0.717, 1.165) is 62.2 Å². The van der Waals surface area contributed by atoms with Crippen LogP contribution in [0.3, 0.4) is 0 Å². The zero-order chi connectivity index (χ0) is 18.2. The number of guanidine groups is 1. The molecule has 2 N–H and O–H groups in total. The van der Waals surface area contributed by atoms with Gasteiger partial charge in [0, 0.05) is 45.7 Å². The fourth-order valence-corrected chi connectivity index (χ4v) is 2.77. The molecule has 3 aromatic heterocycles. The molecule has 0 unspecified atom stereocenters. The van der Waals surface area contributed by atoms with Gasteiger partial charge < -0.3 is 15.2 Å². The maximum atomic E-state index is 4.25. The molecule has 9 nitrogen and oxygen atoms in total. The number of hydrogen-bond acceptors (Lipinski definition) is 5. The van der Waals surface area contributed by atoms with Crippen LogP contribution in [0.4, 0.5) is 0 Å². The van der Waals surface area contributed by atoms with E-state index in [-0.39, 0.29) is 0 Å². The normalized spacial score (nSPS) is 11.8. The Balaban J connectivity index is 1.39. The van der Waals surface area contributed by atoms with Crippen LogP contribution in [-0.4, -0.2) is 55.5 Å². The molecular weight excluding hydrogens is 330 g/mol. The Labute approximate surface area is 152 Å². The van der Waals surface area contributed by atoms with Crippen molar-refractivity contribution in [2.24, 2.45) is 4.99 Å². The molecule has 0 fully saturated rings. The number of nitrogens with one attached hydrogen (secondary N) is 2. The van der Waals surface area contributed by atoms with E-state index in [4.69, 9.17) is 0 Å². The first kappa shape index (κ1) is 17.8. The van der Waals surface area contributed by atoms with E-state index < -0.39 is 0 Å². The summed E-state index contributed by atoms with van der Waals surface area (Å²) in [5, 5.41) is 23.1. The van der Waals surface area contributed by atoms with Crippen molar-refractivity contribution in [1.82, 2.24) is 40.0 Å². The topological polar surface area (TPSA) is 97.3 Å². The van der Waals surface area contributed by atoms with Gasteiger partial charge in [-0.1, -0.05) is 13.0 Å². The number of hydrogen-bond donors (Lipinski definition) is 2. The lowest BCUT2D eigenvalue weighted by molar-refractivity contribution is 0.629. The second-order valence-electron chi connectivity index (χ2n) is 5.87. The summed E-state index contributed by atoms with van der Waals surface area (Å²) in [6.45, 7) is 4.46. The second-order valence-corrected chi connectivity index (χ2v) is 5.87. The van der Waals surface area contributed by atoms with Crippen molar-refractivity contribution in [1.29, 1.82) is 0 Å². The number of rotatable bonds is 8. The van der Waals surface area contributed by atoms with E-state index in [1.807, 2.05) is 28.8 Å². The van der Waals surface area contributed by atoms with E-state index in [0.29, 0.717) is 0 Å². The number of pyridine rings is 1. The van der Waals surface area contributed by atoms with Crippen molar-refractivity contribution >= 4 is 11.6 Å². The Morgan fingerprint density at radius 1 is 1.12 bits per heavy atom. The van der Waals surface area contributed by atoms with Crippen LogP contribution >= 0.6 is 0 Å². The minimum Gasteiger partial charge on any atom is -0.356 e. The van der Waals surface area contributed by atoms with Gasteiger partial charge in [-0.3, -0.25) is 9.39 Å². The van der Waals surface area contributed by atoms with Crippen molar-refractivity contribution in [2.75, 3.05) is 20.1 Å². The molecule has 0 amide bonds. The molecule has 0 bridgehead atoms. The summed E-state index contributed by atoms with van der Waals surface area (Å²) < 4.78 is 4.08. The number of nitrogens with zero attached hydrogens (tertiary/aromatic N) is 7. The molecule has 3 rings (SSSR count). The van der Waals surface area contributed by atoms with E-state index in [9.17, 15) is 0 Å². The van der Waals surface area contributed by atoms with Gasteiger partial charge in [-0.25, -0.2) is 0 Å². The first-order chi connectivity index (χ1) is 12.8. The second kappa shape index (κ2) is 8.93. The first-order valence-electron chi connectivity index (χ1n) is 8.91. The lowest BCUT2D eigenvalue weighted by Crippen LogP contribution is -2.39. The SMILES string of the molecule is CCc1nncn1CCNC(=NC)NCCCc1nnc2ccccn12. The van der Waals surface area contributed by atoms with Gasteiger partial charge in [0.1, 0.15) is 18.0 Å². The van der Waals surface area contributed by atoms with Gasteiger partial charge in [-0.2, -0.15) is 0 Å². The lowest BCUT2D eigenvalue weighted by Gasteiger charge is -2.12. The molecule has 0 saturated carbocycles. The molecule has 9 heteroatoms. The van der Waals surface area contributed by atoms with E-state index in [2.05, 4.69) is 47.5 Å². The minimum absolute atomic E-state index is 0.763. The fraction of sp³-hybridized carbons (Fsp3) is 0.471. The van der Waals surface area contributed by atoms with Gasteiger partial charge in [-0.15, -0.1) is 20.4 Å². The standard InChI is InChI=1S/C17H25N9/c1-3-14-22-21-13-25(14)12-10-20-17(18-2)19-9-6-8-16-24-23-15-7-4-5-11-26(15)16/h4-5,7,11,13H,3,6,8-10,12H2,1-2H3,(H2,18,19,20). The molecule has 138 valence electrons. The number of fused-ring (bicyclic) bond motifs is 1. The Morgan fingerprint density at radius 3 is 2.85 bits per heavy atom. The van der Waals surface area contributed by atoms with E-state index in [1.54, 1.807) is 13.4 Å². The van der Waals surface area contributed by atoms with Crippen molar-refractivity contribution < 1.29 is 0 Å². The number of aliphatic imine (C=N–C) groups is 1. The molecule has 0 saturated heterocycles. The molecule has 0 aliphatic heterocycles. The van der Waals surface area contributed by atoms with Gasteiger partial charge >= 0.3 is 0 Å². The summed E-state index contributed by atoms with van der Waals surface area (Å²) in [6.07, 6.45) is 6.44. The average molecular weight is 355 g/mol. The molecule has 0 atom stereocenters. The molecule has 0 aromatic carbocycles. The highest BCUT2D eigenvalue weighted by Gasteiger charge is 2.05. The van der Waals surface area contributed by atoms with Gasteiger partial charge in [0.15, 0.2) is 11.6 Å². The summed E-state index contributed by atoms with van der Waals surface area (Å²) in [7, 11) is 1.78. The molecule has 0 aliphatic rings. The Morgan fingerprint density at radius 2 is 2.00 bits per heavy atom. The highest BCUT2D eigenvalue weighted by molar-refractivity contribution is 5.79. The van der Waals surface area contributed by atoms with Crippen molar-refractivity contribution in [3.05, 3.63) is 42.4 Å². The number of aromatic nitrogens is 6. The quantitative estimate of drug-likeness (QED) is 0.350. The third-order valence-corrected chi connectivity index (χ3v) is 4.13. The van der Waals surface area contributed by atoms with Gasteiger partial charge in [0.05, 0.1) is 0 Å². The third kappa shape index (κ3) is 4.35. The summed E-state index contributed by atoms with van der Waals surface area (Å²) in [5.74, 6) is 2.77. The summed E-state index contributed by atoms with van der Waals surface area (Å²) in [6, 6.07) is 5.91. The van der Waals surface area contributed by atoms with Crippen molar-refractivity contribution in [3.63, 3.8) is 0 Å². The largest absolute Gasteiger partial charge is 0.356 e. The van der Waals surface area contributed by atoms with Crippen LogP contribution in [0.5, 0.6) is 0 Å². The average Bonchev–Trinajstić information content (AvgIpc) is 3.30. The van der Waals surface area contributed by atoms with Crippen molar-refractivity contribution in [3.8, 4) is 0 Å². The van der Waals surface area contributed by atoms with Gasteiger partial charge in [0.25, 0.3) is 0 Å². The van der Waals surface area contributed by atoms with Gasteiger partial charge in [0.2, 0.25) is 0 Å². The summed E-state index contributed by atoms with van der Waals surface area (Å²) in [5.41, 5.74) is 0.883. The zero-order valence-corrected chi connectivity index (χ0v) is 15.3. The highest BCUT2D eigenvalue weighted by Crippen LogP contribution is 2.04. The van der Waals surface area contributed by atoms with Crippen LogP contribution in [0.25, 0.3) is 5.65 Å². The predicted molar refractivity (Wildman–Crippen MR) is 100 cm³/mol. The zero-order valence-electron chi connectivity index (χ0n) is 15.3. The minimum atomic E-state index is 0.763. The van der Waals surface area contributed by atoms with Gasteiger partial charge in [-0.05, 0) is 18.6 Å². The molecule has 0 radical (unpaired) electrons. The Bertz CT molecular complexity index is 849. The van der Waals surface area contributed by atoms with Crippen LogP contribution in [0.15, 0.2) is 35.7 Å². The maximum Gasteiger partial charge on any atom is 0.191 e. The molecule has 0 aliphatic carbocycles. The van der Waals surface area contributed by atoms with Crippen LogP contribution in [0.1, 0.15) is 25.0 Å². The Kier molecular flexibility index (Phi) is 6.13. The van der Waals surface area contributed by atoms with E-state index in [1.165, 1.54) is 0 Å². The Hall–Kier alpha value is -2.97. The summed E-state index contributed by atoms with van der Waals surface area (Å²) in [4.78, 5) is 4.25. The fourth-order valence-electron chi connectivity index (χ4n) is 2.77. The first-order valence-corrected chi connectivity index (χ1v) is 8.91. The van der Waals surface area contributed by atoms with Crippen molar-refractivity contribution in [2.45, 2.75) is 32.7 Å². The van der Waals surface area contributed by atoms with Crippen LogP contribution in [0.2, 0.25) is 0 Å². The molecule has 26 heavy (non-hydrogen) atoms. The predicted octanol–water partition coefficient (Wildman–Crippen LogP) is 0.681. The van der Waals surface area contributed by atoms with Crippen LogP contribution in [0, 0.1) is 0 Å². The molecule has 3 heterocycles. The lowest BCUT2D eigenvalue weighted by atomic mass is 10.3. The molecule has 0 spiro atoms. The molecule has 3 aromatic rings. The van der Waals surface area contributed by atoms with Crippen LogP contribution in [-0.2, 0) is 19.4 Å². The highest BCUT2D eigenvalue weighted by atomic mass is 15.3. The van der Waals surface area contributed by atoms with Crippen LogP contribution < -0.4 is 10.6 Å². The van der Waals surface area contributed by atoms with E-state index >= 15 is 0 Å². The maximum absolute atomic E-state index is 4.25. The smallest absolute Gasteiger partial charge is 0.191 e. The monoisotopic (exact) mass is 355 g/mol. The molecular formula is C17H25N9. The number of aryl methyl sites for hydroxylation is 2. The third-order valence-electron chi connectivity index (χ3n) is 4.13.